The largest absolute Gasteiger partial charge is 0.384 e. The van der Waals surface area contributed by atoms with Crippen molar-refractivity contribution in [3.8, 4) is 0 Å². The summed E-state index contributed by atoms with van der Waals surface area (Å²) in [5.41, 5.74) is 2.79. The first kappa shape index (κ1) is 16.4. The van der Waals surface area contributed by atoms with Crippen LogP contribution in [0, 0.1) is 5.41 Å². The minimum Gasteiger partial charge on any atom is -0.384 e. The van der Waals surface area contributed by atoms with E-state index in [-0.39, 0.29) is 11.3 Å². The van der Waals surface area contributed by atoms with E-state index in [1.807, 2.05) is 6.20 Å². The van der Waals surface area contributed by atoms with Gasteiger partial charge in [-0.3, -0.25) is 0 Å². The molecule has 1 heterocycles. The molecule has 0 amide bonds. The van der Waals surface area contributed by atoms with Crippen molar-refractivity contribution in [3.63, 3.8) is 0 Å². The smallest absolute Gasteiger partial charge is 0.133 e. The lowest BCUT2D eigenvalue weighted by molar-refractivity contribution is 0.181. The second-order valence-electron chi connectivity index (χ2n) is 7.04. The number of aromatic nitrogens is 2. The van der Waals surface area contributed by atoms with Crippen molar-refractivity contribution in [2.24, 2.45) is 5.41 Å². The number of fused-ring (bicyclic) bond motifs is 1. The van der Waals surface area contributed by atoms with E-state index in [1.165, 1.54) is 11.3 Å². The first-order valence-corrected chi connectivity index (χ1v) is 8.05. The van der Waals surface area contributed by atoms with Crippen LogP contribution in [0.3, 0.4) is 0 Å². The Hall–Kier alpha value is -1.00. The third-order valence-electron chi connectivity index (χ3n) is 4.19. The number of methoxy groups -OCH3 is 1. The van der Waals surface area contributed by atoms with Crippen LogP contribution in [0.2, 0.25) is 0 Å². The van der Waals surface area contributed by atoms with E-state index in [1.54, 1.807) is 7.11 Å². The van der Waals surface area contributed by atoms with E-state index in [4.69, 9.17) is 9.72 Å². The molecular weight excluding hydrogens is 262 g/mol. The summed E-state index contributed by atoms with van der Waals surface area (Å²) in [4.78, 5) is 9.44. The molecule has 21 heavy (non-hydrogen) atoms. The van der Waals surface area contributed by atoms with Gasteiger partial charge in [0.2, 0.25) is 0 Å². The van der Waals surface area contributed by atoms with Gasteiger partial charge in [0.1, 0.15) is 5.82 Å². The number of nitrogens with one attached hydrogen (secondary N) is 1. The van der Waals surface area contributed by atoms with Gasteiger partial charge in [0.05, 0.1) is 6.61 Å². The molecule has 0 aromatic carbocycles. The van der Waals surface area contributed by atoms with Crippen LogP contribution in [0.4, 0.5) is 0 Å². The van der Waals surface area contributed by atoms with Crippen molar-refractivity contribution >= 4 is 0 Å². The van der Waals surface area contributed by atoms with Crippen molar-refractivity contribution in [2.75, 3.05) is 20.3 Å². The van der Waals surface area contributed by atoms with E-state index >= 15 is 0 Å². The normalized spacial score (nSPS) is 21.9. The lowest BCUT2D eigenvalue weighted by Crippen LogP contribution is -2.35. The molecule has 4 heteroatoms. The molecule has 2 rings (SSSR count). The summed E-state index contributed by atoms with van der Waals surface area (Å²) in [7, 11) is 1.72. The zero-order valence-corrected chi connectivity index (χ0v) is 14.1. The highest BCUT2D eigenvalue weighted by molar-refractivity contribution is 5.27. The minimum atomic E-state index is 0.243. The average Bonchev–Trinajstić information content (AvgIpc) is 2.43. The maximum atomic E-state index is 5.22. The molecule has 2 unspecified atom stereocenters. The topological polar surface area (TPSA) is 47.0 Å². The van der Waals surface area contributed by atoms with Crippen LogP contribution in [0.25, 0.3) is 0 Å². The quantitative estimate of drug-likeness (QED) is 0.874. The molecular formula is C17H29N3O. The molecule has 0 saturated carbocycles. The molecule has 0 fully saturated rings. The Morgan fingerprint density at radius 2 is 2.24 bits per heavy atom. The maximum absolute atomic E-state index is 5.22. The number of nitrogens with zero attached hydrogens (tertiary/aromatic N) is 2. The van der Waals surface area contributed by atoms with Crippen LogP contribution in [0.5, 0.6) is 0 Å². The molecule has 1 aliphatic rings. The fraction of sp³-hybridized carbons (Fsp3) is 0.765. The van der Waals surface area contributed by atoms with E-state index in [0.29, 0.717) is 12.6 Å². The number of hydrogen-bond donors (Lipinski definition) is 1. The first-order chi connectivity index (χ1) is 9.96. The highest BCUT2D eigenvalue weighted by Crippen LogP contribution is 2.39. The fourth-order valence-corrected chi connectivity index (χ4v) is 3.13. The monoisotopic (exact) mass is 291 g/mol. The molecule has 1 aromatic heterocycles. The zero-order chi connectivity index (χ0) is 15.5. The number of hydrogen-bond acceptors (Lipinski definition) is 4. The van der Waals surface area contributed by atoms with E-state index in [0.717, 1.165) is 31.6 Å². The molecule has 1 aliphatic carbocycles. The lowest BCUT2D eigenvalue weighted by atomic mass is 9.74. The van der Waals surface area contributed by atoms with Gasteiger partial charge >= 0.3 is 0 Å². The molecule has 4 nitrogen and oxygen atoms in total. The Morgan fingerprint density at radius 1 is 1.48 bits per heavy atom. The molecule has 1 N–H and O–H groups in total. The van der Waals surface area contributed by atoms with Crippen LogP contribution in [0.1, 0.15) is 69.6 Å². The molecule has 0 radical (unpaired) electrons. The molecule has 1 aromatic rings. The first-order valence-electron chi connectivity index (χ1n) is 8.05. The van der Waals surface area contributed by atoms with Gasteiger partial charge in [-0.1, -0.05) is 27.7 Å². The van der Waals surface area contributed by atoms with E-state index < -0.39 is 0 Å². The van der Waals surface area contributed by atoms with Gasteiger partial charge < -0.3 is 10.1 Å². The highest BCUT2D eigenvalue weighted by atomic mass is 16.5. The lowest BCUT2D eigenvalue weighted by Gasteiger charge is -2.36. The minimum absolute atomic E-state index is 0.243. The second kappa shape index (κ2) is 6.84. The van der Waals surface area contributed by atoms with Crippen molar-refractivity contribution in [3.05, 3.63) is 23.3 Å². The summed E-state index contributed by atoms with van der Waals surface area (Å²) < 4.78 is 5.22. The Balaban J connectivity index is 2.27. The average molecular weight is 291 g/mol. The second-order valence-corrected chi connectivity index (χ2v) is 7.04. The van der Waals surface area contributed by atoms with E-state index in [9.17, 15) is 0 Å². The Labute approximate surface area is 128 Å². The fourth-order valence-electron chi connectivity index (χ4n) is 3.13. The molecule has 0 saturated heterocycles. The Morgan fingerprint density at radius 3 is 2.90 bits per heavy atom. The van der Waals surface area contributed by atoms with Crippen LogP contribution in [0.15, 0.2) is 6.20 Å². The third-order valence-corrected chi connectivity index (χ3v) is 4.19. The van der Waals surface area contributed by atoms with Gasteiger partial charge in [0.15, 0.2) is 0 Å². The van der Waals surface area contributed by atoms with Gasteiger partial charge in [0.25, 0.3) is 0 Å². The van der Waals surface area contributed by atoms with Crippen LogP contribution < -0.4 is 5.32 Å². The molecule has 2 atom stereocenters. The summed E-state index contributed by atoms with van der Waals surface area (Å²) in [6, 6.07) is 0.385. The summed E-state index contributed by atoms with van der Waals surface area (Å²) >= 11 is 0. The maximum Gasteiger partial charge on any atom is 0.133 e. The van der Waals surface area contributed by atoms with Crippen molar-refractivity contribution in [2.45, 2.75) is 58.9 Å². The molecule has 0 spiro atoms. The van der Waals surface area contributed by atoms with Crippen molar-refractivity contribution in [1.29, 1.82) is 0 Å². The summed E-state index contributed by atoms with van der Waals surface area (Å²) in [5.74, 6) is 1.15. The Kier molecular flexibility index (Phi) is 5.33. The number of ether oxygens (including phenoxy) is 1. The zero-order valence-electron chi connectivity index (χ0n) is 14.1. The third kappa shape index (κ3) is 4.01. The van der Waals surface area contributed by atoms with Crippen LogP contribution >= 0.6 is 0 Å². The molecule has 118 valence electrons. The van der Waals surface area contributed by atoms with Gasteiger partial charge in [-0.25, -0.2) is 9.97 Å². The van der Waals surface area contributed by atoms with Gasteiger partial charge in [-0.05, 0) is 31.2 Å². The molecule has 0 bridgehead atoms. The van der Waals surface area contributed by atoms with Gasteiger partial charge in [-0.2, -0.15) is 0 Å². The number of rotatable bonds is 6. The molecule has 0 aliphatic heterocycles. The summed E-state index contributed by atoms with van der Waals surface area (Å²) in [6.45, 7) is 10.7. The predicted octanol–water partition coefficient (Wildman–Crippen LogP) is 3.24. The van der Waals surface area contributed by atoms with Crippen molar-refractivity contribution < 1.29 is 4.74 Å². The van der Waals surface area contributed by atoms with E-state index in [2.05, 4.69) is 38.0 Å². The van der Waals surface area contributed by atoms with Crippen LogP contribution in [-0.2, 0) is 11.2 Å². The van der Waals surface area contributed by atoms with Gasteiger partial charge in [0, 0.05) is 36.5 Å². The standard InChI is InChI=1S/C17H29N3O/c1-6-7-18-14-8-17(3,4)9-15-13(14)10-19-16(20-15)12(2)11-21-5/h10,12,14,18H,6-9,11H2,1-5H3. The SMILES string of the molecule is CCCNC1CC(C)(C)Cc2nc(C(C)COC)ncc21. The van der Waals surface area contributed by atoms with Gasteiger partial charge in [-0.15, -0.1) is 0 Å². The Bertz CT molecular complexity index is 473. The van der Waals surface area contributed by atoms with Crippen LogP contribution in [-0.4, -0.2) is 30.2 Å². The van der Waals surface area contributed by atoms with Crippen molar-refractivity contribution in [1.82, 2.24) is 15.3 Å². The highest BCUT2D eigenvalue weighted by Gasteiger charge is 2.33. The summed E-state index contributed by atoms with van der Waals surface area (Å²) in [6.07, 6.45) is 5.36. The summed E-state index contributed by atoms with van der Waals surface area (Å²) in [5, 5.41) is 3.65. The predicted molar refractivity (Wildman–Crippen MR) is 85.5 cm³/mol.